The highest BCUT2D eigenvalue weighted by Gasteiger charge is 2.15. The van der Waals surface area contributed by atoms with Crippen molar-refractivity contribution in [1.29, 1.82) is 0 Å². The van der Waals surface area contributed by atoms with Crippen molar-refractivity contribution in [3.05, 3.63) is 95.7 Å². The smallest absolute Gasteiger partial charge is 0.0434 e. The van der Waals surface area contributed by atoms with Crippen LogP contribution in [0, 0.1) is 0 Å². The highest BCUT2D eigenvalue weighted by molar-refractivity contribution is 7.28. The molecule has 4 heterocycles. The van der Waals surface area contributed by atoms with E-state index in [2.05, 4.69) is 95.7 Å². The first-order chi connectivity index (χ1) is 18.8. The first-order valence-electron chi connectivity index (χ1n) is 12.6. The molecule has 0 bridgehead atoms. The van der Waals surface area contributed by atoms with Crippen LogP contribution in [-0.2, 0) is 0 Å². The molecule has 0 aliphatic carbocycles. The molecule has 0 aliphatic rings. The number of hydrogen-bond donors (Lipinski definition) is 0. The van der Waals surface area contributed by atoms with Gasteiger partial charge in [-0.2, -0.15) is 0 Å². The summed E-state index contributed by atoms with van der Waals surface area (Å²) in [4.78, 5) is 0. The molecule has 4 heteroatoms. The zero-order valence-corrected chi connectivity index (χ0v) is 23.1. The fourth-order valence-electron chi connectivity index (χ4n) is 6.28. The van der Waals surface area contributed by atoms with Crippen molar-refractivity contribution >= 4 is 138 Å². The highest BCUT2D eigenvalue weighted by atomic mass is 32.1. The molecule has 0 atom stereocenters. The lowest BCUT2D eigenvalue weighted by Gasteiger charge is -2.03. The third-order valence-electron chi connectivity index (χ3n) is 8.13. The fraction of sp³-hybridized carbons (Fsp3) is 0. The summed E-state index contributed by atoms with van der Waals surface area (Å²) in [6, 6.07) is 32.9. The molecule has 0 amide bonds. The zero-order valence-electron chi connectivity index (χ0n) is 19.9. The molecule has 0 spiro atoms. The van der Waals surface area contributed by atoms with E-state index >= 15 is 0 Å². The molecule has 0 unspecified atom stereocenters. The zero-order chi connectivity index (χ0) is 24.5. The summed E-state index contributed by atoms with van der Waals surface area (Å²) >= 11 is 7.53. The Labute approximate surface area is 232 Å². The Morgan fingerprint density at radius 2 is 0.711 bits per heavy atom. The largest absolute Gasteiger partial charge is 0.144 e. The maximum Gasteiger partial charge on any atom is 0.0434 e. The van der Waals surface area contributed by atoms with Gasteiger partial charge < -0.3 is 0 Å². The number of rotatable bonds is 0. The van der Waals surface area contributed by atoms with Crippen molar-refractivity contribution in [2.45, 2.75) is 0 Å². The van der Waals surface area contributed by atoms with E-state index in [1.807, 2.05) is 45.3 Å². The van der Waals surface area contributed by atoms with Gasteiger partial charge in [0, 0.05) is 60.5 Å². The van der Waals surface area contributed by atoms with Crippen LogP contribution in [0.5, 0.6) is 0 Å². The van der Waals surface area contributed by atoms with Gasteiger partial charge in [-0.1, -0.05) is 24.3 Å². The van der Waals surface area contributed by atoms with E-state index in [4.69, 9.17) is 0 Å². The molecule has 0 nitrogen and oxygen atoms in total. The average molecular weight is 553 g/mol. The molecule has 6 aromatic carbocycles. The van der Waals surface area contributed by atoms with Crippen LogP contribution >= 0.6 is 45.3 Å². The number of hydrogen-bond acceptors (Lipinski definition) is 4. The normalized spacial score (nSPS) is 12.7. The first kappa shape index (κ1) is 20.4. The summed E-state index contributed by atoms with van der Waals surface area (Å²) in [5, 5.41) is 20.6. The van der Waals surface area contributed by atoms with Gasteiger partial charge in [-0.15, -0.1) is 45.3 Å². The summed E-state index contributed by atoms with van der Waals surface area (Å²) in [5.41, 5.74) is 0. The lowest BCUT2D eigenvalue weighted by Crippen LogP contribution is -1.76. The minimum Gasteiger partial charge on any atom is -0.144 e. The molecule has 0 N–H and O–H groups in total. The lowest BCUT2D eigenvalue weighted by molar-refractivity contribution is 1.93. The van der Waals surface area contributed by atoms with Gasteiger partial charge in [-0.25, -0.2) is 0 Å². The van der Waals surface area contributed by atoms with Gasteiger partial charge in [0.2, 0.25) is 0 Å². The van der Waals surface area contributed by atoms with Crippen molar-refractivity contribution in [2.24, 2.45) is 0 Å². The highest BCUT2D eigenvalue weighted by Crippen LogP contribution is 2.46. The quantitative estimate of drug-likeness (QED) is 0.175. The van der Waals surface area contributed by atoms with Crippen LogP contribution in [0.2, 0.25) is 0 Å². The molecule has 0 radical (unpaired) electrons. The van der Waals surface area contributed by atoms with Crippen LogP contribution in [0.3, 0.4) is 0 Å². The lowest BCUT2D eigenvalue weighted by atomic mass is 10.0. The van der Waals surface area contributed by atoms with Crippen molar-refractivity contribution in [1.82, 2.24) is 0 Å². The summed E-state index contributed by atoms with van der Waals surface area (Å²) in [6.45, 7) is 0. The summed E-state index contributed by atoms with van der Waals surface area (Å²) in [7, 11) is 0. The first-order valence-corrected chi connectivity index (χ1v) is 16.0. The van der Waals surface area contributed by atoms with E-state index in [1.165, 1.54) is 92.8 Å². The monoisotopic (exact) mass is 552 g/mol. The molecule has 38 heavy (non-hydrogen) atoms. The second kappa shape index (κ2) is 7.10. The molecule has 0 fully saturated rings. The molecule has 10 rings (SSSR count). The van der Waals surface area contributed by atoms with Crippen molar-refractivity contribution in [2.75, 3.05) is 0 Å². The van der Waals surface area contributed by atoms with Gasteiger partial charge in [0.1, 0.15) is 0 Å². The second-order valence-electron chi connectivity index (χ2n) is 10.2. The van der Waals surface area contributed by atoms with E-state index < -0.39 is 0 Å². The third kappa shape index (κ3) is 2.63. The summed E-state index contributed by atoms with van der Waals surface area (Å²) < 4.78 is 8.28. The number of thiophene rings is 4. The SMILES string of the molecule is c1cc2cc3cc4c(cc3cc2s1)sc1c4ccc2c1ccc1c3cc4cc5ccsc5cc4cc3sc12. The van der Waals surface area contributed by atoms with Crippen molar-refractivity contribution < 1.29 is 0 Å². The molecule has 4 aromatic heterocycles. The van der Waals surface area contributed by atoms with Gasteiger partial charge in [-0.3, -0.25) is 0 Å². The van der Waals surface area contributed by atoms with Gasteiger partial charge in [0.05, 0.1) is 0 Å². The Kier molecular flexibility index (Phi) is 3.82. The Bertz CT molecular complexity index is 2440. The molecular formula is C34H16S4. The summed E-state index contributed by atoms with van der Waals surface area (Å²) in [6.07, 6.45) is 0. The van der Waals surface area contributed by atoms with Crippen molar-refractivity contribution in [3.8, 4) is 0 Å². The van der Waals surface area contributed by atoms with Crippen molar-refractivity contribution in [3.63, 3.8) is 0 Å². The maximum atomic E-state index is 2.40. The van der Waals surface area contributed by atoms with E-state index in [0.29, 0.717) is 0 Å². The van der Waals surface area contributed by atoms with Crippen LogP contribution in [-0.4, -0.2) is 0 Å². The van der Waals surface area contributed by atoms with E-state index in [9.17, 15) is 0 Å². The van der Waals surface area contributed by atoms with Crippen LogP contribution in [0.25, 0.3) is 92.8 Å². The number of fused-ring (bicyclic) bond motifs is 13. The van der Waals surface area contributed by atoms with Gasteiger partial charge in [-0.05, 0) is 104 Å². The predicted molar refractivity (Wildman–Crippen MR) is 176 cm³/mol. The third-order valence-corrected chi connectivity index (χ3v) is 12.3. The molecule has 0 saturated carbocycles. The maximum absolute atomic E-state index is 2.40. The Morgan fingerprint density at radius 1 is 0.316 bits per heavy atom. The number of benzene rings is 6. The molecule has 0 aliphatic heterocycles. The topological polar surface area (TPSA) is 0 Å². The standard InChI is InChI=1S/C34H16S4/c1-3-25-27-11-19-9-17-5-7-35-29(17)13-21(19)15-31(27)38-34(25)24-2-4-26-28-12-20-10-18-6-8-36-30(18)14-22(20)16-32(28)37-33(26)23(1)24/h1-16H. The Hall–Kier alpha value is -3.54. The Balaban J connectivity index is 1.27. The van der Waals surface area contributed by atoms with Crippen LogP contribution in [0.4, 0.5) is 0 Å². The minimum absolute atomic E-state index is 1.33. The summed E-state index contributed by atoms with van der Waals surface area (Å²) in [5.74, 6) is 0. The van der Waals surface area contributed by atoms with E-state index in [0.717, 1.165) is 0 Å². The minimum atomic E-state index is 1.33. The molecule has 10 aromatic rings. The van der Waals surface area contributed by atoms with Crippen LogP contribution in [0.1, 0.15) is 0 Å². The molecular weight excluding hydrogens is 537 g/mol. The van der Waals surface area contributed by atoms with E-state index in [-0.39, 0.29) is 0 Å². The Morgan fingerprint density at radius 3 is 1.18 bits per heavy atom. The average Bonchev–Trinajstić information content (AvgIpc) is 3.72. The van der Waals surface area contributed by atoms with Gasteiger partial charge in [0.15, 0.2) is 0 Å². The van der Waals surface area contributed by atoms with Gasteiger partial charge >= 0.3 is 0 Å². The predicted octanol–water partition coefficient (Wildman–Crippen LogP) is 12.3. The van der Waals surface area contributed by atoms with Crippen LogP contribution < -0.4 is 0 Å². The van der Waals surface area contributed by atoms with E-state index in [1.54, 1.807) is 0 Å². The fourth-order valence-corrected chi connectivity index (χ4v) is 10.4. The van der Waals surface area contributed by atoms with Crippen LogP contribution in [0.15, 0.2) is 95.7 Å². The molecule has 176 valence electrons. The molecule has 0 saturated heterocycles. The van der Waals surface area contributed by atoms with Gasteiger partial charge in [0.25, 0.3) is 0 Å². The second-order valence-corrected chi connectivity index (χ2v) is 14.2.